The van der Waals surface area contributed by atoms with Gasteiger partial charge in [-0.25, -0.2) is 0 Å². The minimum Gasteiger partial charge on any atom is -0.490 e. The van der Waals surface area contributed by atoms with E-state index in [1.165, 1.54) is 49.9 Å². The highest BCUT2D eigenvalue weighted by Gasteiger charge is 2.18. The molecular formula is C16H23NO. The third-order valence-corrected chi connectivity index (χ3v) is 4.26. The summed E-state index contributed by atoms with van der Waals surface area (Å²) < 4.78 is 5.95. The Labute approximate surface area is 110 Å². The van der Waals surface area contributed by atoms with E-state index in [4.69, 9.17) is 4.74 Å². The van der Waals surface area contributed by atoms with Crippen LogP contribution in [0.4, 0.5) is 0 Å². The minimum absolute atomic E-state index is 0.381. The number of nitrogens with one attached hydrogen (secondary N) is 1. The Kier molecular flexibility index (Phi) is 3.55. The number of aryl methyl sites for hydroxylation is 1. The van der Waals surface area contributed by atoms with Gasteiger partial charge in [-0.3, -0.25) is 0 Å². The Morgan fingerprint density at radius 3 is 2.89 bits per heavy atom. The van der Waals surface area contributed by atoms with Gasteiger partial charge in [-0.05, 0) is 75.2 Å². The third-order valence-electron chi connectivity index (χ3n) is 4.26. The lowest BCUT2D eigenvalue weighted by atomic mass is 9.90. The molecule has 0 aliphatic carbocycles. The molecule has 2 heterocycles. The molecule has 0 saturated carbocycles. The Bertz CT molecular complexity index is 410. The Balaban J connectivity index is 1.71. The maximum absolute atomic E-state index is 5.95. The van der Waals surface area contributed by atoms with Crippen LogP contribution in [-0.2, 0) is 12.8 Å². The van der Waals surface area contributed by atoms with E-state index in [2.05, 4.69) is 30.4 Å². The molecule has 1 aromatic carbocycles. The first-order chi connectivity index (χ1) is 8.81. The van der Waals surface area contributed by atoms with Gasteiger partial charge >= 0.3 is 0 Å². The lowest BCUT2D eigenvalue weighted by Crippen LogP contribution is -2.28. The molecule has 0 bridgehead atoms. The van der Waals surface area contributed by atoms with Crippen LogP contribution in [-0.4, -0.2) is 19.2 Å². The van der Waals surface area contributed by atoms with Gasteiger partial charge in [0.05, 0.1) is 6.10 Å². The fraction of sp³-hybridized carbons (Fsp3) is 0.625. The van der Waals surface area contributed by atoms with Gasteiger partial charge in [0.1, 0.15) is 5.75 Å². The second-order valence-corrected chi connectivity index (χ2v) is 5.81. The molecule has 0 aromatic heterocycles. The maximum Gasteiger partial charge on any atom is 0.123 e. The summed E-state index contributed by atoms with van der Waals surface area (Å²) in [7, 11) is 0. The zero-order valence-corrected chi connectivity index (χ0v) is 11.2. The summed E-state index contributed by atoms with van der Waals surface area (Å²) in [4.78, 5) is 0. The van der Waals surface area contributed by atoms with Crippen molar-refractivity contribution in [3.05, 3.63) is 29.3 Å². The van der Waals surface area contributed by atoms with Crippen molar-refractivity contribution < 1.29 is 4.74 Å². The van der Waals surface area contributed by atoms with Crippen molar-refractivity contribution in [1.29, 1.82) is 0 Å². The topological polar surface area (TPSA) is 21.3 Å². The van der Waals surface area contributed by atoms with Crippen molar-refractivity contribution in [2.45, 2.75) is 45.1 Å². The van der Waals surface area contributed by atoms with Gasteiger partial charge in [0, 0.05) is 0 Å². The molecule has 1 saturated heterocycles. The summed E-state index contributed by atoms with van der Waals surface area (Å²) in [6.45, 7) is 4.54. The van der Waals surface area contributed by atoms with Crippen LogP contribution in [0.5, 0.6) is 5.75 Å². The van der Waals surface area contributed by atoms with E-state index in [9.17, 15) is 0 Å². The van der Waals surface area contributed by atoms with Crippen molar-refractivity contribution in [3.63, 3.8) is 0 Å². The molecule has 1 aromatic rings. The summed E-state index contributed by atoms with van der Waals surface area (Å²) in [5.41, 5.74) is 2.84. The fourth-order valence-electron chi connectivity index (χ4n) is 3.10. The molecule has 2 aliphatic rings. The number of benzene rings is 1. The average molecular weight is 245 g/mol. The van der Waals surface area contributed by atoms with E-state index < -0.39 is 0 Å². The van der Waals surface area contributed by atoms with Crippen LogP contribution in [0.25, 0.3) is 0 Å². The normalized spacial score (nSPS) is 24.4. The Morgan fingerprint density at radius 1 is 1.22 bits per heavy atom. The van der Waals surface area contributed by atoms with Gasteiger partial charge in [0.15, 0.2) is 0 Å². The standard InChI is InChI=1S/C16H23NO/c1-12-2-4-15-5-3-14(11-16(15)18-12)10-13-6-8-17-9-7-13/h3,5,11-13,17H,2,4,6-10H2,1H3. The van der Waals surface area contributed by atoms with Crippen molar-refractivity contribution in [2.24, 2.45) is 5.92 Å². The number of hydrogen-bond acceptors (Lipinski definition) is 2. The van der Waals surface area contributed by atoms with Gasteiger partial charge < -0.3 is 10.1 Å². The molecule has 0 radical (unpaired) electrons. The SMILES string of the molecule is CC1CCc2ccc(CC3CCNCC3)cc2O1. The van der Waals surface area contributed by atoms with E-state index in [1.807, 2.05) is 0 Å². The van der Waals surface area contributed by atoms with Gasteiger partial charge in [-0.1, -0.05) is 12.1 Å². The van der Waals surface area contributed by atoms with Crippen LogP contribution in [0, 0.1) is 5.92 Å². The monoisotopic (exact) mass is 245 g/mol. The fourth-order valence-corrected chi connectivity index (χ4v) is 3.10. The molecule has 3 rings (SSSR count). The first-order valence-corrected chi connectivity index (χ1v) is 7.30. The Morgan fingerprint density at radius 2 is 2.06 bits per heavy atom. The highest BCUT2D eigenvalue weighted by Crippen LogP contribution is 2.30. The second kappa shape index (κ2) is 5.31. The van der Waals surface area contributed by atoms with Crippen molar-refractivity contribution in [1.82, 2.24) is 5.32 Å². The summed E-state index contributed by atoms with van der Waals surface area (Å²) in [6, 6.07) is 6.87. The van der Waals surface area contributed by atoms with Gasteiger partial charge in [-0.2, -0.15) is 0 Å². The number of fused-ring (bicyclic) bond motifs is 1. The molecule has 2 aliphatic heterocycles. The van der Waals surface area contributed by atoms with E-state index in [0.717, 1.165) is 18.1 Å². The lowest BCUT2D eigenvalue weighted by Gasteiger charge is -2.25. The van der Waals surface area contributed by atoms with Crippen LogP contribution >= 0.6 is 0 Å². The van der Waals surface area contributed by atoms with Crippen molar-refractivity contribution in [2.75, 3.05) is 13.1 Å². The minimum atomic E-state index is 0.381. The van der Waals surface area contributed by atoms with E-state index in [1.54, 1.807) is 0 Å². The molecule has 2 nitrogen and oxygen atoms in total. The largest absolute Gasteiger partial charge is 0.490 e. The molecule has 1 fully saturated rings. The molecule has 2 heteroatoms. The maximum atomic E-state index is 5.95. The van der Waals surface area contributed by atoms with Gasteiger partial charge in [0.25, 0.3) is 0 Å². The molecule has 0 amide bonds. The predicted octanol–water partition coefficient (Wildman–Crippen LogP) is 2.94. The summed E-state index contributed by atoms with van der Waals surface area (Å²) in [5, 5.41) is 3.43. The van der Waals surface area contributed by atoms with Crippen molar-refractivity contribution >= 4 is 0 Å². The number of rotatable bonds is 2. The summed E-state index contributed by atoms with van der Waals surface area (Å²) >= 11 is 0. The van der Waals surface area contributed by atoms with Crippen molar-refractivity contribution in [3.8, 4) is 5.75 Å². The average Bonchev–Trinajstić information content (AvgIpc) is 2.39. The summed E-state index contributed by atoms with van der Waals surface area (Å²) in [6.07, 6.45) is 6.55. The second-order valence-electron chi connectivity index (χ2n) is 5.81. The predicted molar refractivity (Wildman–Crippen MR) is 74.2 cm³/mol. The quantitative estimate of drug-likeness (QED) is 0.865. The van der Waals surface area contributed by atoms with Crippen LogP contribution in [0.2, 0.25) is 0 Å². The van der Waals surface area contributed by atoms with E-state index in [0.29, 0.717) is 6.10 Å². The first kappa shape index (κ1) is 12.0. The third kappa shape index (κ3) is 2.69. The smallest absolute Gasteiger partial charge is 0.123 e. The van der Waals surface area contributed by atoms with Crippen LogP contribution in [0.1, 0.15) is 37.3 Å². The molecule has 1 atom stereocenters. The summed E-state index contributed by atoms with van der Waals surface area (Å²) in [5.74, 6) is 1.99. The number of piperidine rings is 1. The molecule has 1 N–H and O–H groups in total. The highest BCUT2D eigenvalue weighted by atomic mass is 16.5. The van der Waals surface area contributed by atoms with E-state index in [-0.39, 0.29) is 0 Å². The molecule has 0 spiro atoms. The zero-order valence-electron chi connectivity index (χ0n) is 11.2. The molecule has 18 heavy (non-hydrogen) atoms. The number of ether oxygens (including phenoxy) is 1. The molecule has 1 unspecified atom stereocenters. The van der Waals surface area contributed by atoms with Gasteiger partial charge in [0.2, 0.25) is 0 Å². The highest BCUT2D eigenvalue weighted by molar-refractivity contribution is 5.39. The Hall–Kier alpha value is -1.02. The van der Waals surface area contributed by atoms with Crippen LogP contribution in [0.15, 0.2) is 18.2 Å². The van der Waals surface area contributed by atoms with Gasteiger partial charge in [-0.15, -0.1) is 0 Å². The zero-order chi connectivity index (χ0) is 12.4. The molecule has 98 valence electrons. The number of hydrogen-bond donors (Lipinski definition) is 1. The van der Waals surface area contributed by atoms with Crippen LogP contribution in [0.3, 0.4) is 0 Å². The first-order valence-electron chi connectivity index (χ1n) is 7.30. The van der Waals surface area contributed by atoms with E-state index >= 15 is 0 Å². The molecular weight excluding hydrogens is 222 g/mol. The lowest BCUT2D eigenvalue weighted by molar-refractivity contribution is 0.192. The van der Waals surface area contributed by atoms with Crippen LogP contribution < -0.4 is 10.1 Å².